The summed E-state index contributed by atoms with van der Waals surface area (Å²) in [5.74, 6) is -0.592. The van der Waals surface area contributed by atoms with Gasteiger partial charge in [-0.2, -0.15) is 0 Å². The van der Waals surface area contributed by atoms with Crippen molar-refractivity contribution in [1.29, 1.82) is 0 Å². The molecular weight excluding hydrogens is 254 g/mol. The molecule has 0 aromatic heterocycles. The molecule has 0 saturated carbocycles. The molecule has 1 N–H and O–H groups in total. The van der Waals surface area contributed by atoms with Gasteiger partial charge in [-0.25, -0.2) is 0 Å². The predicted molar refractivity (Wildman–Crippen MR) is 75.5 cm³/mol. The van der Waals surface area contributed by atoms with Crippen LogP contribution in [0.25, 0.3) is 0 Å². The molecule has 4 heteroatoms. The number of para-hydroxylation sites is 2. The van der Waals surface area contributed by atoms with Gasteiger partial charge in [-0.15, -0.1) is 0 Å². The first-order chi connectivity index (χ1) is 9.61. The minimum atomic E-state index is -1.18. The second-order valence-electron chi connectivity index (χ2n) is 4.51. The van der Waals surface area contributed by atoms with Gasteiger partial charge in [0.1, 0.15) is 5.75 Å². The van der Waals surface area contributed by atoms with E-state index >= 15 is 0 Å². The summed E-state index contributed by atoms with van der Waals surface area (Å²) in [6.07, 6.45) is 0. The van der Waals surface area contributed by atoms with E-state index in [1.165, 1.54) is 0 Å². The molecule has 0 bridgehead atoms. The molecule has 1 atom stereocenters. The summed E-state index contributed by atoms with van der Waals surface area (Å²) in [6, 6.07) is 13.5. The van der Waals surface area contributed by atoms with E-state index in [2.05, 4.69) is 5.32 Å². The van der Waals surface area contributed by atoms with Crippen molar-refractivity contribution in [3.63, 3.8) is 0 Å². The van der Waals surface area contributed by atoms with Crippen molar-refractivity contribution in [2.75, 3.05) is 12.4 Å². The number of benzene rings is 2. The van der Waals surface area contributed by atoms with E-state index in [-0.39, 0.29) is 0 Å². The summed E-state index contributed by atoms with van der Waals surface area (Å²) in [6.45, 7) is 1.95. The quantitative estimate of drug-likeness (QED) is 0.901. The van der Waals surface area contributed by atoms with Crippen LogP contribution in [-0.2, 0) is 4.79 Å². The van der Waals surface area contributed by atoms with Gasteiger partial charge in [0.15, 0.2) is 0 Å². The van der Waals surface area contributed by atoms with Crippen LogP contribution in [-0.4, -0.2) is 13.1 Å². The molecule has 2 aromatic rings. The first-order valence-corrected chi connectivity index (χ1v) is 6.29. The fraction of sp³-hybridized carbons (Fsp3) is 0.188. The van der Waals surface area contributed by atoms with Gasteiger partial charge in [-0.1, -0.05) is 42.0 Å². The Hall–Kier alpha value is -2.49. The van der Waals surface area contributed by atoms with Crippen molar-refractivity contribution < 1.29 is 14.6 Å². The molecule has 0 radical (unpaired) electrons. The summed E-state index contributed by atoms with van der Waals surface area (Å²) in [5.41, 5.74) is 2.33. The van der Waals surface area contributed by atoms with Crippen molar-refractivity contribution in [1.82, 2.24) is 0 Å². The molecule has 0 spiro atoms. The Morgan fingerprint density at radius 3 is 2.40 bits per heavy atom. The minimum Gasteiger partial charge on any atom is -0.548 e. The largest absolute Gasteiger partial charge is 0.548 e. The maximum Gasteiger partial charge on any atom is 0.141 e. The Kier molecular flexibility index (Phi) is 4.25. The molecule has 0 saturated heterocycles. The van der Waals surface area contributed by atoms with E-state index < -0.39 is 12.0 Å². The number of hydrogen-bond acceptors (Lipinski definition) is 4. The number of anilines is 1. The second kappa shape index (κ2) is 6.10. The Morgan fingerprint density at radius 2 is 1.80 bits per heavy atom. The standard InChI is InChI=1S/C16H17NO3/c1-11-7-9-12(10-8-11)15(16(18)19)17-13-5-3-4-6-14(13)20-2/h3-10,15,17H,1-2H3,(H,18,19)/p-1/t15-/m0/s1. The monoisotopic (exact) mass is 270 g/mol. The number of nitrogens with one attached hydrogen (secondary N) is 1. The van der Waals surface area contributed by atoms with Crippen LogP contribution in [0.1, 0.15) is 17.2 Å². The third-order valence-electron chi connectivity index (χ3n) is 3.05. The third kappa shape index (κ3) is 3.09. The zero-order valence-electron chi connectivity index (χ0n) is 11.4. The maximum absolute atomic E-state index is 11.4. The Bertz CT molecular complexity index is 593. The lowest BCUT2D eigenvalue weighted by Crippen LogP contribution is -2.34. The maximum atomic E-state index is 11.4. The molecule has 0 aliphatic heterocycles. The average molecular weight is 270 g/mol. The lowest BCUT2D eigenvalue weighted by molar-refractivity contribution is -0.307. The molecule has 4 nitrogen and oxygen atoms in total. The van der Waals surface area contributed by atoms with E-state index in [0.29, 0.717) is 17.0 Å². The average Bonchev–Trinajstić information content (AvgIpc) is 2.46. The molecule has 0 aliphatic rings. The normalized spacial score (nSPS) is 11.7. The fourth-order valence-electron chi connectivity index (χ4n) is 1.96. The summed E-state index contributed by atoms with van der Waals surface area (Å²) in [5, 5.41) is 14.3. The first kappa shape index (κ1) is 13.9. The number of hydrogen-bond donors (Lipinski definition) is 1. The van der Waals surface area contributed by atoms with Crippen LogP contribution in [0.4, 0.5) is 5.69 Å². The molecule has 20 heavy (non-hydrogen) atoms. The Labute approximate surface area is 118 Å². The molecule has 0 unspecified atom stereocenters. The van der Waals surface area contributed by atoms with Crippen LogP contribution in [0.5, 0.6) is 5.75 Å². The number of carbonyl (C=O) groups is 1. The molecule has 0 fully saturated rings. The number of rotatable bonds is 5. The predicted octanol–water partition coefficient (Wildman–Crippen LogP) is 1.91. The minimum absolute atomic E-state index is 0.589. The van der Waals surface area contributed by atoms with E-state index in [0.717, 1.165) is 5.56 Å². The van der Waals surface area contributed by atoms with Crippen molar-refractivity contribution >= 4 is 11.7 Å². The van der Waals surface area contributed by atoms with Crippen LogP contribution in [0.2, 0.25) is 0 Å². The van der Waals surface area contributed by atoms with Crippen LogP contribution < -0.4 is 15.2 Å². The number of ether oxygens (including phenoxy) is 1. The molecule has 0 amide bonds. The van der Waals surface area contributed by atoms with Crippen molar-refractivity contribution in [3.8, 4) is 5.75 Å². The number of aliphatic carboxylic acids is 1. The first-order valence-electron chi connectivity index (χ1n) is 6.29. The topological polar surface area (TPSA) is 61.4 Å². The summed E-state index contributed by atoms with van der Waals surface area (Å²) < 4.78 is 5.21. The SMILES string of the molecule is COc1ccccc1N[C@H](C(=O)[O-])c1ccc(C)cc1. The van der Waals surface area contributed by atoms with Crippen molar-refractivity contribution in [2.24, 2.45) is 0 Å². The van der Waals surface area contributed by atoms with Gasteiger partial charge in [-0.3, -0.25) is 0 Å². The van der Waals surface area contributed by atoms with Gasteiger partial charge in [0.05, 0.1) is 24.8 Å². The van der Waals surface area contributed by atoms with Gasteiger partial charge in [0, 0.05) is 0 Å². The van der Waals surface area contributed by atoms with Crippen LogP contribution >= 0.6 is 0 Å². The second-order valence-corrected chi connectivity index (χ2v) is 4.51. The van der Waals surface area contributed by atoms with Gasteiger partial charge in [0.2, 0.25) is 0 Å². The lowest BCUT2D eigenvalue weighted by atomic mass is 10.0. The molecule has 2 rings (SSSR count). The fourth-order valence-corrected chi connectivity index (χ4v) is 1.96. The zero-order chi connectivity index (χ0) is 14.5. The Morgan fingerprint density at radius 1 is 1.15 bits per heavy atom. The molecule has 0 heterocycles. The smallest absolute Gasteiger partial charge is 0.141 e. The highest BCUT2D eigenvalue weighted by Gasteiger charge is 2.14. The van der Waals surface area contributed by atoms with Crippen molar-refractivity contribution in [3.05, 3.63) is 59.7 Å². The van der Waals surface area contributed by atoms with Crippen LogP contribution in [0.3, 0.4) is 0 Å². The van der Waals surface area contributed by atoms with E-state index in [1.54, 1.807) is 31.4 Å². The van der Waals surface area contributed by atoms with Gasteiger partial charge < -0.3 is 20.0 Å². The van der Waals surface area contributed by atoms with Gasteiger partial charge in [-0.05, 0) is 24.6 Å². The lowest BCUT2D eigenvalue weighted by Gasteiger charge is -2.22. The molecule has 104 valence electrons. The number of carboxylic acid groups (broad SMARTS) is 1. The zero-order valence-corrected chi connectivity index (χ0v) is 11.4. The molecule has 0 aliphatic carbocycles. The van der Waals surface area contributed by atoms with E-state index in [1.807, 2.05) is 31.2 Å². The summed E-state index contributed by atoms with van der Waals surface area (Å²) in [4.78, 5) is 11.4. The highest BCUT2D eigenvalue weighted by atomic mass is 16.5. The highest BCUT2D eigenvalue weighted by molar-refractivity contribution is 5.78. The summed E-state index contributed by atoms with van der Waals surface area (Å²) in [7, 11) is 1.54. The van der Waals surface area contributed by atoms with Gasteiger partial charge in [0.25, 0.3) is 0 Å². The van der Waals surface area contributed by atoms with E-state index in [9.17, 15) is 9.90 Å². The number of methoxy groups -OCH3 is 1. The highest BCUT2D eigenvalue weighted by Crippen LogP contribution is 2.27. The van der Waals surface area contributed by atoms with Gasteiger partial charge >= 0.3 is 0 Å². The third-order valence-corrected chi connectivity index (χ3v) is 3.05. The van der Waals surface area contributed by atoms with Crippen molar-refractivity contribution in [2.45, 2.75) is 13.0 Å². The van der Waals surface area contributed by atoms with Crippen LogP contribution in [0, 0.1) is 6.92 Å². The van der Waals surface area contributed by atoms with Crippen LogP contribution in [0.15, 0.2) is 48.5 Å². The molecule has 2 aromatic carbocycles. The van der Waals surface area contributed by atoms with E-state index in [4.69, 9.17) is 4.74 Å². The number of carbonyl (C=O) groups excluding carboxylic acids is 1. The molecular formula is C16H16NO3-. The summed E-state index contributed by atoms with van der Waals surface area (Å²) >= 11 is 0. The Balaban J connectivity index is 2.30. The number of aryl methyl sites for hydroxylation is 1. The number of carboxylic acids is 1.